The first-order valence-corrected chi connectivity index (χ1v) is 8.34. The number of hydrogen-bond donors (Lipinski definition) is 3. The SMILES string of the molecule is CNC(Cc1c[nH]c2ccccc12)C(=O)NCc1ccccc1OC. The lowest BCUT2D eigenvalue weighted by molar-refractivity contribution is -0.123. The lowest BCUT2D eigenvalue weighted by Crippen LogP contribution is -2.43. The van der Waals surface area contributed by atoms with Crippen LogP contribution < -0.4 is 15.4 Å². The summed E-state index contributed by atoms with van der Waals surface area (Å²) in [5.41, 5.74) is 3.17. The predicted octanol–water partition coefficient (Wildman–Crippen LogP) is 2.62. The van der Waals surface area contributed by atoms with Crippen LogP contribution in [0.4, 0.5) is 0 Å². The molecule has 1 heterocycles. The van der Waals surface area contributed by atoms with E-state index < -0.39 is 0 Å². The van der Waals surface area contributed by atoms with Crippen LogP contribution in [0.2, 0.25) is 0 Å². The molecular formula is C20H23N3O2. The van der Waals surface area contributed by atoms with Crippen molar-refractivity contribution in [3.63, 3.8) is 0 Å². The van der Waals surface area contributed by atoms with Crippen molar-refractivity contribution in [2.24, 2.45) is 0 Å². The Kier molecular flexibility index (Phi) is 5.36. The molecule has 2 aromatic carbocycles. The Bertz CT molecular complexity index is 857. The lowest BCUT2D eigenvalue weighted by Gasteiger charge is -2.16. The second kappa shape index (κ2) is 7.85. The van der Waals surface area contributed by atoms with Crippen molar-refractivity contribution in [2.45, 2.75) is 19.0 Å². The van der Waals surface area contributed by atoms with E-state index in [0.717, 1.165) is 27.8 Å². The fraction of sp³-hybridized carbons (Fsp3) is 0.250. The van der Waals surface area contributed by atoms with Crippen molar-refractivity contribution in [1.29, 1.82) is 0 Å². The van der Waals surface area contributed by atoms with Gasteiger partial charge in [-0.25, -0.2) is 0 Å². The van der Waals surface area contributed by atoms with Gasteiger partial charge in [-0.3, -0.25) is 4.79 Å². The van der Waals surface area contributed by atoms with Gasteiger partial charge in [-0.15, -0.1) is 0 Å². The summed E-state index contributed by atoms with van der Waals surface area (Å²) in [5, 5.41) is 7.26. The van der Waals surface area contributed by atoms with Gasteiger partial charge in [0.25, 0.3) is 0 Å². The van der Waals surface area contributed by atoms with Crippen molar-refractivity contribution in [3.8, 4) is 5.75 Å². The van der Waals surface area contributed by atoms with E-state index in [1.54, 1.807) is 7.11 Å². The van der Waals surface area contributed by atoms with Gasteiger partial charge >= 0.3 is 0 Å². The number of likely N-dealkylation sites (N-methyl/N-ethyl adjacent to an activating group) is 1. The number of carbonyl (C=O) groups excluding carboxylic acids is 1. The van der Waals surface area contributed by atoms with Gasteiger partial charge in [-0.1, -0.05) is 36.4 Å². The summed E-state index contributed by atoms with van der Waals surface area (Å²) in [6.45, 7) is 0.439. The maximum absolute atomic E-state index is 12.6. The number of fused-ring (bicyclic) bond motifs is 1. The average Bonchev–Trinajstić information content (AvgIpc) is 3.07. The fourth-order valence-electron chi connectivity index (χ4n) is 3.00. The second-order valence-electron chi connectivity index (χ2n) is 5.93. The number of aromatic nitrogens is 1. The van der Waals surface area contributed by atoms with Gasteiger partial charge in [0.05, 0.1) is 13.2 Å². The van der Waals surface area contributed by atoms with E-state index in [2.05, 4.69) is 21.7 Å². The fourth-order valence-corrected chi connectivity index (χ4v) is 3.00. The van der Waals surface area contributed by atoms with Crippen molar-refractivity contribution < 1.29 is 9.53 Å². The monoisotopic (exact) mass is 337 g/mol. The van der Waals surface area contributed by atoms with Crippen molar-refractivity contribution in [1.82, 2.24) is 15.6 Å². The first-order chi connectivity index (χ1) is 12.2. The highest BCUT2D eigenvalue weighted by molar-refractivity contribution is 5.86. The molecular weight excluding hydrogens is 314 g/mol. The van der Waals surface area contributed by atoms with Crippen LogP contribution in [0, 0.1) is 0 Å². The molecule has 0 aliphatic heterocycles. The molecule has 5 heteroatoms. The normalized spacial score (nSPS) is 12.1. The molecule has 0 aliphatic rings. The second-order valence-corrected chi connectivity index (χ2v) is 5.93. The molecule has 1 atom stereocenters. The molecule has 5 nitrogen and oxygen atoms in total. The predicted molar refractivity (Wildman–Crippen MR) is 99.7 cm³/mol. The van der Waals surface area contributed by atoms with Crippen molar-refractivity contribution in [3.05, 3.63) is 65.9 Å². The molecule has 3 rings (SSSR count). The molecule has 1 aromatic heterocycles. The molecule has 25 heavy (non-hydrogen) atoms. The standard InChI is InChI=1S/C20H23N3O2/c1-21-18(11-15-13-22-17-9-5-4-8-16(15)17)20(24)23-12-14-7-3-6-10-19(14)25-2/h3-10,13,18,21-22H,11-12H2,1-2H3,(H,23,24). The van der Waals surface area contributed by atoms with Crippen molar-refractivity contribution in [2.75, 3.05) is 14.2 Å². The van der Waals surface area contributed by atoms with E-state index >= 15 is 0 Å². The van der Waals surface area contributed by atoms with Gasteiger partial charge in [0.15, 0.2) is 0 Å². The van der Waals surface area contributed by atoms with Crippen LogP contribution in [-0.4, -0.2) is 31.1 Å². The number of carbonyl (C=O) groups is 1. The minimum absolute atomic E-state index is 0.0290. The summed E-state index contributed by atoms with van der Waals surface area (Å²) >= 11 is 0. The van der Waals surface area contributed by atoms with E-state index in [1.807, 2.05) is 55.7 Å². The van der Waals surface area contributed by atoms with Crippen LogP contribution in [0.1, 0.15) is 11.1 Å². The summed E-state index contributed by atoms with van der Waals surface area (Å²) in [6.07, 6.45) is 2.60. The van der Waals surface area contributed by atoms with Gasteiger partial charge in [-0.05, 0) is 31.2 Å². The minimum atomic E-state index is -0.297. The Balaban J connectivity index is 1.67. The molecule has 1 amide bonds. The van der Waals surface area contributed by atoms with Gasteiger partial charge in [0.1, 0.15) is 5.75 Å². The third-order valence-corrected chi connectivity index (χ3v) is 4.41. The van der Waals surface area contributed by atoms with E-state index in [4.69, 9.17) is 4.74 Å². The molecule has 0 spiro atoms. The Morgan fingerprint density at radius 1 is 1.12 bits per heavy atom. The van der Waals surface area contributed by atoms with E-state index in [0.29, 0.717) is 13.0 Å². The number of nitrogens with one attached hydrogen (secondary N) is 3. The highest BCUT2D eigenvalue weighted by Crippen LogP contribution is 2.19. The number of ether oxygens (including phenoxy) is 1. The van der Waals surface area contributed by atoms with E-state index in [-0.39, 0.29) is 11.9 Å². The first kappa shape index (κ1) is 17.0. The molecule has 3 aromatic rings. The number of methoxy groups -OCH3 is 1. The molecule has 0 saturated heterocycles. The zero-order chi connectivity index (χ0) is 17.6. The van der Waals surface area contributed by atoms with Gasteiger partial charge in [0.2, 0.25) is 5.91 Å². The van der Waals surface area contributed by atoms with Gasteiger partial charge in [-0.2, -0.15) is 0 Å². The van der Waals surface area contributed by atoms with E-state index in [9.17, 15) is 4.79 Å². The van der Waals surface area contributed by atoms with Gasteiger partial charge < -0.3 is 20.4 Å². The number of H-pyrrole nitrogens is 1. The summed E-state index contributed by atoms with van der Waals surface area (Å²) in [5.74, 6) is 0.749. The summed E-state index contributed by atoms with van der Waals surface area (Å²) < 4.78 is 5.33. The maximum Gasteiger partial charge on any atom is 0.237 e. The third kappa shape index (κ3) is 3.83. The Hall–Kier alpha value is -2.79. The minimum Gasteiger partial charge on any atom is -0.496 e. The number of para-hydroxylation sites is 2. The smallest absolute Gasteiger partial charge is 0.237 e. The molecule has 0 fully saturated rings. The number of amides is 1. The van der Waals surface area contributed by atoms with Crippen LogP contribution in [0.25, 0.3) is 10.9 Å². The van der Waals surface area contributed by atoms with Crippen LogP contribution >= 0.6 is 0 Å². The maximum atomic E-state index is 12.6. The topological polar surface area (TPSA) is 66.2 Å². The molecule has 0 saturated carbocycles. The lowest BCUT2D eigenvalue weighted by atomic mass is 10.0. The molecule has 0 bridgehead atoms. The van der Waals surface area contributed by atoms with Gasteiger partial charge in [0, 0.05) is 29.2 Å². The molecule has 0 aliphatic carbocycles. The van der Waals surface area contributed by atoms with Crippen LogP contribution in [0.15, 0.2) is 54.7 Å². The Labute approximate surface area is 147 Å². The molecule has 3 N–H and O–H groups in total. The molecule has 0 radical (unpaired) electrons. The number of benzene rings is 2. The van der Waals surface area contributed by atoms with Crippen LogP contribution in [0.3, 0.4) is 0 Å². The zero-order valence-corrected chi connectivity index (χ0v) is 14.5. The highest BCUT2D eigenvalue weighted by Gasteiger charge is 2.18. The first-order valence-electron chi connectivity index (χ1n) is 8.34. The highest BCUT2D eigenvalue weighted by atomic mass is 16.5. The largest absolute Gasteiger partial charge is 0.496 e. The molecule has 1 unspecified atom stereocenters. The third-order valence-electron chi connectivity index (χ3n) is 4.41. The molecule has 130 valence electrons. The average molecular weight is 337 g/mol. The number of rotatable bonds is 7. The number of aromatic amines is 1. The summed E-state index contributed by atoms with van der Waals surface area (Å²) in [4.78, 5) is 15.8. The summed E-state index contributed by atoms with van der Waals surface area (Å²) in [6, 6.07) is 15.5. The van der Waals surface area contributed by atoms with Crippen LogP contribution in [0.5, 0.6) is 5.75 Å². The Morgan fingerprint density at radius 2 is 1.88 bits per heavy atom. The summed E-state index contributed by atoms with van der Waals surface area (Å²) in [7, 11) is 3.44. The van der Waals surface area contributed by atoms with Crippen molar-refractivity contribution >= 4 is 16.8 Å². The Morgan fingerprint density at radius 3 is 2.68 bits per heavy atom. The quantitative estimate of drug-likeness (QED) is 0.621. The number of hydrogen-bond acceptors (Lipinski definition) is 3. The van der Waals surface area contributed by atoms with Crippen LogP contribution in [-0.2, 0) is 17.8 Å². The zero-order valence-electron chi connectivity index (χ0n) is 14.5. The van der Waals surface area contributed by atoms with E-state index in [1.165, 1.54) is 0 Å².